The van der Waals surface area contributed by atoms with E-state index in [4.69, 9.17) is 11.6 Å². The van der Waals surface area contributed by atoms with Crippen LogP contribution in [-0.2, 0) is 0 Å². The smallest absolute Gasteiger partial charge is 0.125 e. The lowest BCUT2D eigenvalue weighted by Gasteiger charge is -1.98. The third-order valence-corrected chi connectivity index (χ3v) is 2.60. The van der Waals surface area contributed by atoms with E-state index in [-0.39, 0.29) is 5.82 Å². The molecule has 0 amide bonds. The van der Waals surface area contributed by atoms with Crippen LogP contribution < -0.4 is 0 Å². The number of hydrogen-bond donors (Lipinski definition) is 1. The fourth-order valence-corrected chi connectivity index (χ4v) is 1.70. The van der Waals surface area contributed by atoms with Crippen LogP contribution in [0.25, 0.3) is 11.3 Å². The second-order valence-corrected chi connectivity index (χ2v) is 4.46. The number of hydrogen-bond acceptors (Lipinski definition) is 1. The number of rotatable bonds is 2. The maximum Gasteiger partial charge on any atom is 0.125 e. The first-order chi connectivity index (χ1) is 7.56. The van der Waals surface area contributed by atoms with Crippen molar-refractivity contribution < 1.29 is 4.39 Å². The third kappa shape index (κ3) is 2.25. The maximum atomic E-state index is 13.2. The number of H-pyrrole nitrogens is 1. The van der Waals surface area contributed by atoms with Crippen molar-refractivity contribution in [2.24, 2.45) is 0 Å². The lowest BCUT2D eigenvalue weighted by atomic mass is 10.1. The van der Waals surface area contributed by atoms with Crippen molar-refractivity contribution in [3.8, 4) is 11.3 Å². The van der Waals surface area contributed by atoms with Gasteiger partial charge in [0.1, 0.15) is 5.82 Å². The second kappa shape index (κ2) is 4.26. The van der Waals surface area contributed by atoms with Crippen molar-refractivity contribution in [2.45, 2.75) is 19.8 Å². The van der Waals surface area contributed by atoms with E-state index in [1.165, 1.54) is 12.1 Å². The molecule has 1 heterocycles. The topological polar surface area (TPSA) is 28.7 Å². The van der Waals surface area contributed by atoms with Gasteiger partial charge in [-0.1, -0.05) is 25.4 Å². The van der Waals surface area contributed by atoms with Gasteiger partial charge in [0, 0.05) is 16.3 Å². The molecule has 2 aromatic rings. The van der Waals surface area contributed by atoms with Crippen molar-refractivity contribution in [1.82, 2.24) is 10.2 Å². The Morgan fingerprint density at radius 1 is 1.25 bits per heavy atom. The molecular formula is C12H12ClFN2. The Labute approximate surface area is 98.4 Å². The molecule has 1 aromatic carbocycles. The van der Waals surface area contributed by atoms with E-state index in [0.717, 1.165) is 5.69 Å². The molecule has 2 rings (SSSR count). The third-order valence-electron chi connectivity index (χ3n) is 2.38. The van der Waals surface area contributed by atoms with Crippen molar-refractivity contribution in [3.05, 3.63) is 40.8 Å². The standard InChI is InChI=1S/C12H12ClFN2/c1-7(2)11-6-12(16-15-11)8-3-9(13)5-10(14)4-8/h3-7H,1-2H3,(H,15,16). The number of aromatic amines is 1. The summed E-state index contributed by atoms with van der Waals surface area (Å²) in [6, 6.07) is 6.31. The summed E-state index contributed by atoms with van der Waals surface area (Å²) in [6.07, 6.45) is 0. The Kier molecular flexibility index (Phi) is 2.97. The molecule has 1 aromatic heterocycles. The minimum Gasteiger partial charge on any atom is -0.282 e. The average Bonchev–Trinajstić information content (AvgIpc) is 2.64. The predicted octanol–water partition coefficient (Wildman–Crippen LogP) is 3.99. The highest BCUT2D eigenvalue weighted by Crippen LogP contribution is 2.24. The molecule has 0 bridgehead atoms. The van der Waals surface area contributed by atoms with E-state index in [0.29, 0.717) is 22.2 Å². The van der Waals surface area contributed by atoms with Gasteiger partial charge in [-0.3, -0.25) is 5.10 Å². The predicted molar refractivity (Wildman–Crippen MR) is 63.1 cm³/mol. The van der Waals surface area contributed by atoms with Crippen LogP contribution in [0.1, 0.15) is 25.5 Å². The molecule has 0 aliphatic carbocycles. The molecule has 2 nitrogen and oxygen atoms in total. The van der Waals surface area contributed by atoms with Crippen LogP contribution in [0.3, 0.4) is 0 Å². The summed E-state index contributed by atoms with van der Waals surface area (Å²) >= 11 is 5.79. The van der Waals surface area contributed by atoms with E-state index < -0.39 is 0 Å². The average molecular weight is 239 g/mol. The molecule has 0 unspecified atom stereocenters. The molecule has 1 N–H and O–H groups in total. The molecule has 0 radical (unpaired) electrons. The molecule has 0 aliphatic rings. The van der Waals surface area contributed by atoms with Crippen molar-refractivity contribution in [3.63, 3.8) is 0 Å². The first-order valence-corrected chi connectivity index (χ1v) is 5.46. The van der Waals surface area contributed by atoms with E-state index in [9.17, 15) is 4.39 Å². The van der Waals surface area contributed by atoms with Crippen LogP contribution in [0.5, 0.6) is 0 Å². The largest absolute Gasteiger partial charge is 0.282 e. The highest BCUT2D eigenvalue weighted by Gasteiger charge is 2.08. The normalized spacial score (nSPS) is 11.1. The zero-order chi connectivity index (χ0) is 11.7. The molecule has 0 saturated heterocycles. The quantitative estimate of drug-likeness (QED) is 0.842. The summed E-state index contributed by atoms with van der Waals surface area (Å²) in [4.78, 5) is 0. The molecule has 0 aliphatic heterocycles. The SMILES string of the molecule is CC(C)c1cc(-c2cc(F)cc(Cl)c2)n[nH]1. The summed E-state index contributed by atoms with van der Waals surface area (Å²) < 4.78 is 13.2. The lowest BCUT2D eigenvalue weighted by molar-refractivity contribution is 0.628. The molecule has 0 fully saturated rings. The van der Waals surface area contributed by atoms with E-state index >= 15 is 0 Å². The van der Waals surface area contributed by atoms with Gasteiger partial charge in [0.25, 0.3) is 0 Å². The van der Waals surface area contributed by atoms with Crippen LogP contribution >= 0.6 is 11.6 Å². The molecule has 84 valence electrons. The van der Waals surface area contributed by atoms with Crippen molar-refractivity contribution in [2.75, 3.05) is 0 Å². The van der Waals surface area contributed by atoms with Gasteiger partial charge < -0.3 is 0 Å². The minimum absolute atomic E-state index is 0.350. The number of nitrogens with zero attached hydrogens (tertiary/aromatic N) is 1. The van der Waals surface area contributed by atoms with Gasteiger partial charge in [0.15, 0.2) is 0 Å². The number of aromatic nitrogens is 2. The second-order valence-electron chi connectivity index (χ2n) is 4.02. The molecule has 4 heteroatoms. The summed E-state index contributed by atoms with van der Waals surface area (Å²) in [6.45, 7) is 4.13. The van der Waals surface area contributed by atoms with Gasteiger partial charge in [-0.25, -0.2) is 4.39 Å². The van der Waals surface area contributed by atoms with Gasteiger partial charge in [-0.2, -0.15) is 5.10 Å². The number of benzene rings is 1. The molecule has 16 heavy (non-hydrogen) atoms. The van der Waals surface area contributed by atoms with E-state index in [1.54, 1.807) is 6.07 Å². The Bertz CT molecular complexity index is 485. The van der Waals surface area contributed by atoms with Gasteiger partial charge in [0.05, 0.1) is 5.69 Å². The van der Waals surface area contributed by atoms with Crippen LogP contribution in [0.2, 0.25) is 5.02 Å². The molecular weight excluding hydrogens is 227 g/mol. The highest BCUT2D eigenvalue weighted by atomic mass is 35.5. The van der Waals surface area contributed by atoms with Crippen molar-refractivity contribution >= 4 is 11.6 Å². The van der Waals surface area contributed by atoms with Crippen molar-refractivity contribution in [1.29, 1.82) is 0 Å². The Hall–Kier alpha value is -1.35. The summed E-state index contributed by atoms with van der Waals surface area (Å²) in [5.74, 6) is 0.0156. The fraction of sp³-hybridized carbons (Fsp3) is 0.250. The van der Waals surface area contributed by atoms with Gasteiger partial charge in [0.2, 0.25) is 0 Å². The lowest BCUT2D eigenvalue weighted by Crippen LogP contribution is -1.85. The monoisotopic (exact) mass is 238 g/mol. The van der Waals surface area contributed by atoms with Gasteiger partial charge in [-0.15, -0.1) is 0 Å². The van der Waals surface area contributed by atoms with Crippen LogP contribution in [0.4, 0.5) is 4.39 Å². The van der Waals surface area contributed by atoms with E-state index in [1.807, 2.05) is 6.07 Å². The molecule has 0 saturated carbocycles. The maximum absolute atomic E-state index is 13.2. The number of nitrogens with one attached hydrogen (secondary N) is 1. The Morgan fingerprint density at radius 2 is 2.00 bits per heavy atom. The molecule has 0 spiro atoms. The Morgan fingerprint density at radius 3 is 2.56 bits per heavy atom. The van der Waals surface area contributed by atoms with E-state index in [2.05, 4.69) is 24.0 Å². The Balaban J connectivity index is 2.42. The minimum atomic E-state index is -0.350. The first kappa shape index (κ1) is 11.1. The fourth-order valence-electron chi connectivity index (χ4n) is 1.48. The van der Waals surface area contributed by atoms with Crippen LogP contribution in [0, 0.1) is 5.82 Å². The van der Waals surface area contributed by atoms with Crippen LogP contribution in [-0.4, -0.2) is 10.2 Å². The summed E-state index contributed by atoms with van der Waals surface area (Å²) in [5.41, 5.74) is 2.42. The highest BCUT2D eigenvalue weighted by molar-refractivity contribution is 6.30. The first-order valence-electron chi connectivity index (χ1n) is 5.08. The zero-order valence-corrected chi connectivity index (χ0v) is 9.85. The number of halogens is 2. The molecule has 0 atom stereocenters. The van der Waals surface area contributed by atoms with Gasteiger partial charge >= 0.3 is 0 Å². The summed E-state index contributed by atoms with van der Waals surface area (Å²) in [5, 5.41) is 7.45. The van der Waals surface area contributed by atoms with Crippen LogP contribution in [0.15, 0.2) is 24.3 Å². The zero-order valence-electron chi connectivity index (χ0n) is 9.09. The van der Waals surface area contributed by atoms with Gasteiger partial charge in [-0.05, 0) is 30.2 Å². The summed E-state index contributed by atoms with van der Waals surface area (Å²) in [7, 11) is 0.